The summed E-state index contributed by atoms with van der Waals surface area (Å²) in [6.07, 6.45) is -5.24. The summed E-state index contributed by atoms with van der Waals surface area (Å²) in [7, 11) is 0. The largest absolute Gasteiger partial charge is 0.573 e. The van der Waals surface area contributed by atoms with Crippen molar-refractivity contribution in [2.45, 2.75) is 6.36 Å². The Labute approximate surface area is 84.9 Å². The fourth-order valence-corrected chi connectivity index (χ4v) is 0.926. The van der Waals surface area contributed by atoms with E-state index in [4.69, 9.17) is 0 Å². The molecule has 0 N–H and O–H groups in total. The maximum atomic E-state index is 12.7. The van der Waals surface area contributed by atoms with Crippen LogP contribution < -0.4 is 10.2 Å². The van der Waals surface area contributed by atoms with E-state index in [1.807, 2.05) is 0 Å². The van der Waals surface area contributed by atoms with Gasteiger partial charge in [-0.2, -0.15) is 0 Å². The Hall–Kier alpha value is -1.41. The van der Waals surface area contributed by atoms with Crippen molar-refractivity contribution >= 4 is 12.4 Å². The van der Waals surface area contributed by atoms with Gasteiger partial charge >= 0.3 is 13.3 Å². The molecule has 0 unspecified atom stereocenters. The lowest BCUT2D eigenvalue weighted by molar-refractivity contribution is -0.275. The molecule has 1 nitrogen and oxygen atoms in total. The molecule has 0 heterocycles. The smallest absolute Gasteiger partial charge is 0.445 e. The number of hydrogen-bond donors (Lipinski definition) is 0. The van der Waals surface area contributed by atoms with Crippen molar-refractivity contribution in [2.75, 3.05) is 0 Å². The van der Waals surface area contributed by atoms with E-state index in [-0.39, 0.29) is 12.1 Å². The molecule has 0 aliphatic rings. The lowest BCUT2D eigenvalue weighted by atomic mass is 9.80. The van der Waals surface area contributed by atoms with Gasteiger partial charge in [-0.05, 0) is 12.1 Å². The highest BCUT2D eigenvalue weighted by atomic mass is 19.4. The number of ether oxygens (including phenoxy) is 1. The van der Waals surface area contributed by atoms with Crippen LogP contribution in [0.1, 0.15) is 0 Å². The second-order valence-corrected chi connectivity index (χ2v) is 2.81. The van der Waals surface area contributed by atoms with E-state index in [0.717, 1.165) is 0 Å². The molecule has 0 aliphatic carbocycles. The number of halogens is 7. The minimum Gasteiger partial charge on any atom is -0.445 e. The van der Waals surface area contributed by atoms with Gasteiger partial charge in [-0.25, -0.2) is 4.39 Å². The lowest BCUT2D eigenvalue weighted by Gasteiger charge is -2.17. The fourth-order valence-electron chi connectivity index (χ4n) is 0.926. The van der Waals surface area contributed by atoms with Crippen molar-refractivity contribution in [1.29, 1.82) is 0 Å². The second-order valence-electron chi connectivity index (χ2n) is 2.81. The van der Waals surface area contributed by atoms with Gasteiger partial charge in [0.2, 0.25) is 0 Å². The van der Waals surface area contributed by atoms with Crippen LogP contribution in [0.4, 0.5) is 30.5 Å². The third kappa shape index (κ3) is 3.32. The van der Waals surface area contributed by atoms with Crippen molar-refractivity contribution in [3.8, 4) is 5.75 Å². The minimum atomic E-state index is -5.50. The van der Waals surface area contributed by atoms with Crippen LogP contribution in [0.25, 0.3) is 0 Å². The summed E-state index contributed by atoms with van der Waals surface area (Å²) in [5.74, 6) is -3.01. The van der Waals surface area contributed by atoms with E-state index >= 15 is 0 Å². The Bertz CT molecular complexity index is 383. The van der Waals surface area contributed by atoms with Gasteiger partial charge in [0.05, 0.1) is 0 Å². The van der Waals surface area contributed by atoms with Gasteiger partial charge in [-0.15, -0.1) is 18.6 Å². The molecular weight excluding hydrogens is 244 g/mol. The predicted octanol–water partition coefficient (Wildman–Crippen LogP) is 2.78. The van der Waals surface area contributed by atoms with Crippen LogP contribution in [0.15, 0.2) is 18.2 Å². The highest BCUT2D eigenvalue weighted by Crippen LogP contribution is 2.25. The van der Waals surface area contributed by atoms with Gasteiger partial charge in [0.25, 0.3) is 0 Å². The molecule has 0 radical (unpaired) electrons. The van der Waals surface area contributed by atoms with Gasteiger partial charge in [-0.1, -0.05) is 6.07 Å². The second kappa shape index (κ2) is 3.87. The van der Waals surface area contributed by atoms with Gasteiger partial charge in [-0.3, -0.25) is 0 Å². The lowest BCUT2D eigenvalue weighted by Crippen LogP contribution is -2.34. The van der Waals surface area contributed by atoms with Gasteiger partial charge < -0.3 is 17.7 Å². The van der Waals surface area contributed by atoms with Gasteiger partial charge in [0.1, 0.15) is 0 Å². The first-order valence-electron chi connectivity index (χ1n) is 3.85. The van der Waals surface area contributed by atoms with Crippen molar-refractivity contribution < 1.29 is 35.2 Å². The first-order valence-corrected chi connectivity index (χ1v) is 3.85. The highest BCUT2D eigenvalue weighted by Gasteiger charge is 2.33. The first-order chi connectivity index (χ1) is 7.09. The average Bonchev–Trinajstić information content (AvgIpc) is 2.04. The van der Waals surface area contributed by atoms with Crippen molar-refractivity contribution in [3.05, 3.63) is 24.0 Å². The van der Waals surface area contributed by atoms with Crippen molar-refractivity contribution in [3.63, 3.8) is 0 Å². The number of benzene rings is 1. The standard InChI is InChI=1S/C7H3BF7O/c9-5-2-1-4(8(13,14)15)3-6(5)16-7(10,11)12/h1-3H/q-1. The first kappa shape index (κ1) is 12.7. The number of alkyl halides is 3. The Morgan fingerprint density at radius 3 is 2.06 bits per heavy atom. The van der Waals surface area contributed by atoms with Crippen molar-refractivity contribution in [2.24, 2.45) is 0 Å². The zero-order chi connectivity index (χ0) is 12.6. The minimum absolute atomic E-state index is 0.0250. The molecule has 0 aliphatic heterocycles. The molecule has 1 aromatic rings. The van der Waals surface area contributed by atoms with E-state index < -0.39 is 30.4 Å². The summed E-state index contributed by atoms with van der Waals surface area (Å²) in [5.41, 5.74) is -1.36. The SMILES string of the molecule is Fc1ccc([B-](F)(F)F)cc1OC(F)(F)F. The molecule has 16 heavy (non-hydrogen) atoms. The molecule has 0 saturated heterocycles. The number of rotatable bonds is 2. The van der Waals surface area contributed by atoms with E-state index in [9.17, 15) is 30.5 Å². The molecule has 9 heteroatoms. The third-order valence-electron chi connectivity index (χ3n) is 1.56. The Balaban J connectivity index is 3.10. The molecule has 0 atom stereocenters. The Morgan fingerprint density at radius 2 is 1.62 bits per heavy atom. The fraction of sp³-hybridized carbons (Fsp3) is 0.143. The molecule has 0 saturated carbocycles. The molecule has 1 rings (SSSR count). The zero-order valence-electron chi connectivity index (χ0n) is 7.36. The van der Waals surface area contributed by atoms with Crippen LogP contribution in [0.5, 0.6) is 5.75 Å². The maximum Gasteiger partial charge on any atom is 0.573 e. The molecule has 90 valence electrons. The van der Waals surface area contributed by atoms with E-state index in [1.165, 1.54) is 0 Å². The third-order valence-corrected chi connectivity index (χ3v) is 1.56. The predicted molar refractivity (Wildman–Crippen MR) is 41.8 cm³/mol. The average molecular weight is 247 g/mol. The van der Waals surface area contributed by atoms with Crippen LogP contribution in [-0.4, -0.2) is 13.3 Å². The van der Waals surface area contributed by atoms with E-state index in [0.29, 0.717) is 6.07 Å². The topological polar surface area (TPSA) is 9.23 Å². The van der Waals surface area contributed by atoms with Crippen LogP contribution >= 0.6 is 0 Å². The molecule has 1 aromatic carbocycles. The maximum absolute atomic E-state index is 12.7. The highest BCUT2D eigenvalue weighted by molar-refractivity contribution is 6.73. The number of hydrogen-bond acceptors (Lipinski definition) is 1. The summed E-state index contributed by atoms with van der Waals surface area (Å²) in [4.78, 5) is 0. The Morgan fingerprint density at radius 1 is 1.06 bits per heavy atom. The summed E-state index contributed by atoms with van der Waals surface area (Å²) in [6.45, 7) is -5.50. The molecule has 0 aromatic heterocycles. The zero-order valence-corrected chi connectivity index (χ0v) is 7.36. The molecule has 0 spiro atoms. The molecule has 0 fully saturated rings. The summed E-state index contributed by atoms with van der Waals surface area (Å²) >= 11 is 0. The van der Waals surface area contributed by atoms with Crippen LogP contribution in [0, 0.1) is 5.82 Å². The summed E-state index contributed by atoms with van der Waals surface area (Å²) in [5, 5.41) is 0. The summed E-state index contributed by atoms with van der Waals surface area (Å²) < 4.78 is 87.3. The normalized spacial score (nSPS) is 12.7. The van der Waals surface area contributed by atoms with E-state index in [1.54, 1.807) is 0 Å². The monoisotopic (exact) mass is 247 g/mol. The molecular formula is C7H3BF7O-. The Kier molecular flexibility index (Phi) is 3.07. The molecule has 0 bridgehead atoms. The summed E-state index contributed by atoms with van der Waals surface area (Å²) in [6, 6.07) is 0.590. The van der Waals surface area contributed by atoms with Gasteiger partial charge in [0.15, 0.2) is 11.6 Å². The van der Waals surface area contributed by atoms with Crippen LogP contribution in [0.2, 0.25) is 0 Å². The van der Waals surface area contributed by atoms with Crippen molar-refractivity contribution in [1.82, 2.24) is 0 Å². The van der Waals surface area contributed by atoms with Crippen LogP contribution in [0.3, 0.4) is 0 Å². The molecule has 0 amide bonds. The van der Waals surface area contributed by atoms with Crippen LogP contribution in [-0.2, 0) is 0 Å². The quantitative estimate of drug-likeness (QED) is 0.576. The van der Waals surface area contributed by atoms with E-state index in [2.05, 4.69) is 4.74 Å². The van der Waals surface area contributed by atoms with Gasteiger partial charge in [0, 0.05) is 0 Å².